The normalized spacial score (nSPS) is 18.2. The van der Waals surface area contributed by atoms with Gasteiger partial charge in [-0.05, 0) is 26.2 Å². The van der Waals surface area contributed by atoms with Crippen LogP contribution in [0.3, 0.4) is 0 Å². The summed E-state index contributed by atoms with van der Waals surface area (Å²) in [6, 6.07) is 0. The lowest BCUT2D eigenvalue weighted by atomic mass is 9.99. The molecule has 2 N–H and O–H groups in total. The van der Waals surface area contributed by atoms with Crippen LogP contribution in [-0.2, 0) is 13.0 Å². The van der Waals surface area contributed by atoms with Crippen molar-refractivity contribution >= 4 is 5.96 Å². The molecule has 2 heterocycles. The van der Waals surface area contributed by atoms with Crippen LogP contribution in [0, 0.1) is 25.2 Å². The highest BCUT2D eigenvalue weighted by Crippen LogP contribution is 2.19. The van der Waals surface area contributed by atoms with Gasteiger partial charge >= 0.3 is 0 Å². The van der Waals surface area contributed by atoms with E-state index in [9.17, 15) is 0 Å². The molecule has 0 aromatic carbocycles. The maximum absolute atomic E-state index is 5.26. The number of aromatic nitrogens is 3. The van der Waals surface area contributed by atoms with Crippen molar-refractivity contribution in [3.05, 3.63) is 11.6 Å². The van der Waals surface area contributed by atoms with Crippen LogP contribution in [0.15, 0.2) is 4.99 Å². The summed E-state index contributed by atoms with van der Waals surface area (Å²) in [6.45, 7) is 7.10. The minimum atomic E-state index is 0.491. The summed E-state index contributed by atoms with van der Waals surface area (Å²) in [5.41, 5.74) is 0. The number of guanidine groups is 1. The second-order valence-electron chi connectivity index (χ2n) is 4.96. The van der Waals surface area contributed by atoms with Crippen molar-refractivity contribution in [2.75, 3.05) is 19.6 Å². The first-order valence-electron chi connectivity index (χ1n) is 7.09. The minimum Gasteiger partial charge on any atom is -0.357 e. The Hall–Kier alpha value is -2.03. The van der Waals surface area contributed by atoms with Gasteiger partial charge in [0.25, 0.3) is 0 Å². The molecule has 1 aliphatic rings. The fourth-order valence-electron chi connectivity index (χ4n) is 2.38. The second kappa shape index (κ2) is 6.94. The van der Waals surface area contributed by atoms with Gasteiger partial charge in [-0.2, -0.15) is 0 Å². The molecule has 1 unspecified atom stereocenters. The summed E-state index contributed by atoms with van der Waals surface area (Å²) >= 11 is 0. The third kappa shape index (κ3) is 3.50. The van der Waals surface area contributed by atoms with E-state index in [1.165, 1.54) is 0 Å². The monoisotopic (exact) mass is 274 g/mol. The lowest BCUT2D eigenvalue weighted by Crippen LogP contribution is -2.38. The minimum absolute atomic E-state index is 0.491. The Labute approximate surface area is 120 Å². The van der Waals surface area contributed by atoms with Gasteiger partial charge in [0.15, 0.2) is 5.96 Å². The highest BCUT2D eigenvalue weighted by Gasteiger charge is 2.21. The molecule has 20 heavy (non-hydrogen) atoms. The average molecular weight is 274 g/mol. The summed E-state index contributed by atoms with van der Waals surface area (Å²) < 4.78 is 2.20. The highest BCUT2D eigenvalue weighted by molar-refractivity contribution is 5.79. The zero-order valence-electron chi connectivity index (χ0n) is 12.2. The molecule has 6 nitrogen and oxygen atoms in total. The molecule has 0 bridgehead atoms. The molecule has 1 aliphatic heterocycles. The fraction of sp³-hybridized carbons (Fsp3) is 0.643. The number of nitrogens with one attached hydrogen (secondary N) is 2. The van der Waals surface area contributed by atoms with Crippen molar-refractivity contribution in [2.45, 2.75) is 33.2 Å². The molecule has 1 aromatic heterocycles. The lowest BCUT2D eigenvalue weighted by molar-refractivity contribution is 0.369. The first-order chi connectivity index (χ1) is 9.74. The summed E-state index contributed by atoms with van der Waals surface area (Å²) in [6.07, 6.45) is 7.35. The van der Waals surface area contributed by atoms with E-state index in [-0.39, 0.29) is 0 Å². The number of aliphatic imine (C=N–C) groups is 1. The predicted octanol–water partition coefficient (Wildman–Crippen LogP) is 0.337. The molecule has 2 rings (SSSR count). The highest BCUT2D eigenvalue weighted by atomic mass is 15.3. The van der Waals surface area contributed by atoms with Crippen molar-refractivity contribution in [2.24, 2.45) is 10.9 Å². The van der Waals surface area contributed by atoms with Crippen LogP contribution in [0.2, 0.25) is 0 Å². The van der Waals surface area contributed by atoms with Crippen LogP contribution in [0.5, 0.6) is 0 Å². The van der Waals surface area contributed by atoms with Crippen molar-refractivity contribution in [3.63, 3.8) is 0 Å². The van der Waals surface area contributed by atoms with Crippen molar-refractivity contribution in [1.82, 2.24) is 25.4 Å². The molecule has 0 spiro atoms. The number of hydrogen-bond donors (Lipinski definition) is 2. The van der Waals surface area contributed by atoms with Gasteiger partial charge in [0.2, 0.25) is 0 Å². The third-order valence-electron chi connectivity index (χ3n) is 3.44. The molecular weight excluding hydrogens is 252 g/mol. The Balaban J connectivity index is 1.93. The van der Waals surface area contributed by atoms with E-state index in [0.29, 0.717) is 12.5 Å². The molecule has 0 fully saturated rings. The Morgan fingerprint density at radius 2 is 2.35 bits per heavy atom. The van der Waals surface area contributed by atoms with Gasteiger partial charge in [-0.25, -0.2) is 0 Å². The topological polar surface area (TPSA) is 67.1 Å². The van der Waals surface area contributed by atoms with E-state index >= 15 is 0 Å². The van der Waals surface area contributed by atoms with Crippen molar-refractivity contribution in [3.8, 4) is 12.3 Å². The van der Waals surface area contributed by atoms with Crippen LogP contribution in [0.4, 0.5) is 0 Å². The fourth-order valence-corrected chi connectivity index (χ4v) is 2.38. The van der Waals surface area contributed by atoms with E-state index in [0.717, 1.165) is 50.1 Å². The first kappa shape index (κ1) is 14.4. The number of fused-ring (bicyclic) bond motifs is 1. The molecule has 0 aliphatic carbocycles. The first-order valence-corrected chi connectivity index (χ1v) is 7.09. The quantitative estimate of drug-likeness (QED) is 0.472. The Kier molecular flexibility index (Phi) is 4.99. The van der Waals surface area contributed by atoms with Gasteiger partial charge in [-0.1, -0.05) is 5.92 Å². The van der Waals surface area contributed by atoms with Crippen LogP contribution in [0.25, 0.3) is 0 Å². The van der Waals surface area contributed by atoms with E-state index in [4.69, 9.17) is 6.42 Å². The smallest absolute Gasteiger partial charge is 0.192 e. The SMILES string of the molecule is C#CCNC(=NCC1CCc2nnc(C)n2C1)NCC. The lowest BCUT2D eigenvalue weighted by Gasteiger charge is -2.22. The second-order valence-corrected chi connectivity index (χ2v) is 4.96. The molecule has 108 valence electrons. The van der Waals surface area contributed by atoms with E-state index < -0.39 is 0 Å². The van der Waals surface area contributed by atoms with Gasteiger partial charge < -0.3 is 15.2 Å². The molecule has 0 saturated heterocycles. The average Bonchev–Trinajstić information content (AvgIpc) is 2.83. The molecule has 0 radical (unpaired) electrons. The van der Waals surface area contributed by atoms with Crippen molar-refractivity contribution in [1.29, 1.82) is 0 Å². The summed E-state index contributed by atoms with van der Waals surface area (Å²) in [5.74, 6) is 5.96. The van der Waals surface area contributed by atoms with Crippen molar-refractivity contribution < 1.29 is 0 Å². The van der Waals surface area contributed by atoms with Gasteiger partial charge in [-0.15, -0.1) is 16.6 Å². The maximum atomic E-state index is 5.26. The van der Waals surface area contributed by atoms with Crippen LogP contribution in [-0.4, -0.2) is 40.4 Å². The van der Waals surface area contributed by atoms with Gasteiger partial charge in [0.05, 0.1) is 6.54 Å². The van der Waals surface area contributed by atoms with E-state index in [1.54, 1.807) is 0 Å². The zero-order chi connectivity index (χ0) is 14.4. The third-order valence-corrected chi connectivity index (χ3v) is 3.44. The Morgan fingerprint density at radius 1 is 1.50 bits per heavy atom. The number of hydrogen-bond acceptors (Lipinski definition) is 3. The largest absolute Gasteiger partial charge is 0.357 e. The molecular formula is C14H22N6. The van der Waals surface area contributed by atoms with E-state index in [2.05, 4.69) is 36.3 Å². The summed E-state index contributed by atoms with van der Waals surface area (Å²) in [5, 5.41) is 14.6. The van der Waals surface area contributed by atoms with E-state index in [1.807, 2.05) is 13.8 Å². The van der Waals surface area contributed by atoms with Crippen LogP contribution in [0.1, 0.15) is 25.0 Å². The number of terminal acetylenes is 1. The van der Waals surface area contributed by atoms with Gasteiger partial charge in [-0.3, -0.25) is 4.99 Å². The summed E-state index contributed by atoms with van der Waals surface area (Å²) in [4.78, 5) is 4.61. The Bertz CT molecular complexity index is 510. The molecule has 1 aromatic rings. The zero-order valence-corrected chi connectivity index (χ0v) is 12.2. The molecule has 0 amide bonds. The number of aryl methyl sites for hydroxylation is 2. The number of rotatable bonds is 4. The molecule has 1 atom stereocenters. The maximum Gasteiger partial charge on any atom is 0.192 e. The van der Waals surface area contributed by atoms with Gasteiger partial charge in [0.1, 0.15) is 11.6 Å². The molecule has 6 heteroatoms. The predicted molar refractivity (Wildman–Crippen MR) is 79.4 cm³/mol. The number of nitrogens with zero attached hydrogens (tertiary/aromatic N) is 4. The Morgan fingerprint density at radius 3 is 3.10 bits per heavy atom. The molecule has 0 saturated carbocycles. The summed E-state index contributed by atoms with van der Waals surface area (Å²) in [7, 11) is 0. The van der Waals surface area contributed by atoms with Crippen LogP contribution >= 0.6 is 0 Å². The van der Waals surface area contributed by atoms with Gasteiger partial charge in [0, 0.05) is 26.1 Å². The van der Waals surface area contributed by atoms with Crippen LogP contribution < -0.4 is 10.6 Å². The standard InChI is InChI=1S/C14H22N6/c1-4-8-16-14(15-5-2)17-9-12-6-7-13-19-18-11(3)20(13)10-12/h1,12H,5-10H2,2-3H3,(H2,15,16,17).